The smallest absolute Gasteiger partial charge is 0.336 e. The zero-order chi connectivity index (χ0) is 63.8. The molecule has 0 spiro atoms. The molecule has 4 heterocycles. The summed E-state index contributed by atoms with van der Waals surface area (Å²) >= 11 is 0. The van der Waals surface area contributed by atoms with E-state index in [-0.39, 0.29) is 23.9 Å². The lowest BCUT2D eigenvalue weighted by Crippen LogP contribution is -2.07. The van der Waals surface area contributed by atoms with Crippen LogP contribution in [0.15, 0.2) is 146 Å². The summed E-state index contributed by atoms with van der Waals surface area (Å²) in [6.45, 7) is 15.4. The molecule has 0 aliphatic carbocycles. The van der Waals surface area contributed by atoms with E-state index in [4.69, 9.17) is 36.6 Å². The number of carbonyl (C=O) groups is 4. The molecule has 0 aliphatic heterocycles. The summed E-state index contributed by atoms with van der Waals surface area (Å²) in [7, 11) is 0. The minimum atomic E-state index is -0.408. The number of benzene rings is 4. The number of hydrogen-bond donors (Lipinski definition) is 0. The maximum absolute atomic E-state index is 12.1. The first kappa shape index (κ1) is 70.1. The number of hydrogen-bond acceptors (Lipinski definition) is 16. The highest BCUT2D eigenvalue weighted by atomic mass is 16.5. The maximum Gasteiger partial charge on any atom is 0.336 e. The second kappa shape index (κ2) is 37.8. The van der Waals surface area contributed by atoms with Gasteiger partial charge in [0.1, 0.15) is 45.3 Å². The van der Waals surface area contributed by atoms with Crippen molar-refractivity contribution in [3.05, 3.63) is 173 Å². The van der Waals surface area contributed by atoms with Gasteiger partial charge >= 0.3 is 46.4 Å². The Hall–Kier alpha value is -8.66. The van der Waals surface area contributed by atoms with Gasteiger partial charge in [0.15, 0.2) is 0 Å². The average Bonchev–Trinajstić information content (AvgIpc) is 3.17. The Balaban J connectivity index is 0.000000221. The summed E-state index contributed by atoms with van der Waals surface area (Å²) in [6.07, 6.45) is 27.1. The van der Waals surface area contributed by atoms with Gasteiger partial charge in [0.2, 0.25) is 0 Å². The lowest BCUT2D eigenvalue weighted by atomic mass is 10.1. The Bertz CT molecular complexity index is 3840. The topological polar surface area (TPSA) is 226 Å². The van der Waals surface area contributed by atoms with Crippen LogP contribution in [-0.2, 0) is 19.2 Å². The molecule has 8 aromatic rings. The van der Waals surface area contributed by atoms with E-state index in [0.717, 1.165) is 102 Å². The molecule has 4 aromatic heterocycles. The second-order valence-corrected chi connectivity index (χ2v) is 21.8. The molecule has 4 aromatic carbocycles. The van der Waals surface area contributed by atoms with Crippen molar-refractivity contribution in [1.29, 1.82) is 0 Å². The number of aryl methyl sites for hydroxylation is 4. The molecule has 88 heavy (non-hydrogen) atoms. The van der Waals surface area contributed by atoms with Gasteiger partial charge in [0, 0.05) is 95.8 Å². The van der Waals surface area contributed by atoms with Gasteiger partial charge in [-0.3, -0.25) is 19.2 Å². The van der Waals surface area contributed by atoms with Gasteiger partial charge in [-0.05, 0) is 143 Å². The van der Waals surface area contributed by atoms with Crippen molar-refractivity contribution in [1.82, 2.24) is 0 Å². The van der Waals surface area contributed by atoms with Crippen LogP contribution in [0.5, 0.6) is 23.0 Å². The molecule has 0 fully saturated rings. The van der Waals surface area contributed by atoms with E-state index in [1.165, 1.54) is 82.1 Å². The third-order valence-corrected chi connectivity index (χ3v) is 14.2. The molecule has 0 N–H and O–H groups in total. The Morgan fingerprint density at radius 2 is 0.602 bits per heavy atom. The standard InChI is InChI=1S/C28H40O4.C17H20O4.C14H14O4.C13H12O4/c1-3-4-5-6-7-8-9-10-11-12-13-14-15-16-17-18-27(29)31-24-19-20-25-23(2)21-28(30)32-26(25)22-24;1-3-4-5-6-7-16(18)20-13-8-9-14-12(2)10-17(19)21-15(14)11-13;1-3-4-13(15)17-10-5-6-11-9(2)7-14(16)18-12(11)8-10;1-3-12(14)16-9-4-5-10-8(2)6-13(15)17-11(10)7-9/h10-11,19-22H,3-9,12-18H2,1-2H3;8-11H,3-7H2,1-2H3;5-8H,3-4H2,1-2H3;4-7H,3H2,1-2H3/b11-10+;;;. The van der Waals surface area contributed by atoms with Gasteiger partial charge in [0.25, 0.3) is 0 Å². The van der Waals surface area contributed by atoms with E-state index in [1.807, 2.05) is 40.7 Å². The molecule has 0 radical (unpaired) electrons. The molecule has 16 heteroatoms. The van der Waals surface area contributed by atoms with E-state index in [2.05, 4.69) is 26.0 Å². The molecule has 0 saturated heterocycles. The molecular weight excluding hydrogens is 1120 g/mol. The number of carbonyl (C=O) groups excluding carboxylic acids is 4. The van der Waals surface area contributed by atoms with Crippen LogP contribution in [0.25, 0.3) is 43.9 Å². The van der Waals surface area contributed by atoms with Gasteiger partial charge in [-0.15, -0.1) is 0 Å². The minimum absolute atomic E-state index is 0.239. The van der Waals surface area contributed by atoms with Gasteiger partial charge in [0.05, 0.1) is 0 Å². The monoisotopic (exact) mass is 1210 g/mol. The Kier molecular flexibility index (Phi) is 30.1. The summed E-state index contributed by atoms with van der Waals surface area (Å²) in [5, 5.41) is 3.37. The molecule has 0 amide bonds. The largest absolute Gasteiger partial charge is 0.426 e. The molecule has 470 valence electrons. The lowest BCUT2D eigenvalue weighted by Gasteiger charge is -2.06. The fourth-order valence-corrected chi connectivity index (χ4v) is 9.47. The quantitative estimate of drug-likeness (QED) is 0.0153. The van der Waals surface area contributed by atoms with Gasteiger partial charge in [-0.1, -0.05) is 110 Å². The highest BCUT2D eigenvalue weighted by Crippen LogP contribution is 2.27. The first-order valence-electron chi connectivity index (χ1n) is 31.1. The molecular formula is C72H86O16. The van der Waals surface area contributed by atoms with Crippen molar-refractivity contribution in [2.45, 2.75) is 197 Å². The summed E-state index contributed by atoms with van der Waals surface area (Å²) in [5.74, 6) is 0.525. The third kappa shape index (κ3) is 24.6. The van der Waals surface area contributed by atoms with E-state index in [1.54, 1.807) is 73.7 Å². The number of ether oxygens (including phenoxy) is 4. The van der Waals surface area contributed by atoms with Crippen molar-refractivity contribution in [3.8, 4) is 23.0 Å². The summed E-state index contributed by atoms with van der Waals surface area (Å²) < 4.78 is 41.3. The van der Waals surface area contributed by atoms with Gasteiger partial charge in [-0.25, -0.2) is 19.2 Å². The lowest BCUT2D eigenvalue weighted by molar-refractivity contribution is -0.135. The SMILES string of the molecule is CCC(=O)Oc1ccc2c(C)cc(=O)oc2c1.CCCC(=O)Oc1ccc2c(C)cc(=O)oc2c1.CCCCCCC(=O)Oc1ccc2c(C)cc(=O)oc2c1.CCCCCCCC/C=C/CCCCCCCC(=O)Oc1ccc2c(C)cc(=O)oc2c1. The van der Waals surface area contributed by atoms with Crippen LogP contribution in [0.3, 0.4) is 0 Å². The predicted octanol–water partition coefficient (Wildman–Crippen LogP) is 17.2. The Labute approximate surface area is 514 Å². The fraction of sp³-hybridized carbons (Fsp3) is 0.417. The zero-order valence-electron chi connectivity index (χ0n) is 52.5. The van der Waals surface area contributed by atoms with Crippen LogP contribution in [0.1, 0.15) is 191 Å². The third-order valence-electron chi connectivity index (χ3n) is 14.2. The molecule has 0 unspecified atom stereocenters. The zero-order valence-corrected chi connectivity index (χ0v) is 52.5. The first-order valence-corrected chi connectivity index (χ1v) is 31.1. The minimum Gasteiger partial charge on any atom is -0.426 e. The molecule has 0 aliphatic rings. The fourth-order valence-electron chi connectivity index (χ4n) is 9.47. The van der Waals surface area contributed by atoms with Crippen LogP contribution in [0.2, 0.25) is 0 Å². The van der Waals surface area contributed by atoms with Crippen LogP contribution >= 0.6 is 0 Å². The van der Waals surface area contributed by atoms with Crippen molar-refractivity contribution in [2.75, 3.05) is 0 Å². The van der Waals surface area contributed by atoms with Crippen molar-refractivity contribution in [3.63, 3.8) is 0 Å². The summed E-state index contributed by atoms with van der Waals surface area (Å²) in [6, 6.07) is 26.1. The van der Waals surface area contributed by atoms with E-state index in [9.17, 15) is 38.4 Å². The molecule has 0 bridgehead atoms. The number of esters is 4. The number of allylic oxidation sites excluding steroid dienone is 2. The predicted molar refractivity (Wildman–Crippen MR) is 345 cm³/mol. The first-order chi connectivity index (χ1) is 42.4. The van der Waals surface area contributed by atoms with Crippen LogP contribution in [0.4, 0.5) is 0 Å². The number of unbranched alkanes of at least 4 members (excludes halogenated alkanes) is 14. The highest BCUT2D eigenvalue weighted by Gasteiger charge is 2.12. The average molecular weight is 1210 g/mol. The van der Waals surface area contributed by atoms with Crippen LogP contribution in [-0.4, -0.2) is 23.9 Å². The van der Waals surface area contributed by atoms with Crippen LogP contribution in [0, 0.1) is 27.7 Å². The number of rotatable bonds is 27. The van der Waals surface area contributed by atoms with E-state index in [0.29, 0.717) is 71.0 Å². The molecule has 0 atom stereocenters. The number of fused-ring (bicyclic) bond motifs is 4. The van der Waals surface area contributed by atoms with Gasteiger partial charge in [-0.2, -0.15) is 0 Å². The second-order valence-electron chi connectivity index (χ2n) is 21.8. The van der Waals surface area contributed by atoms with E-state index < -0.39 is 22.5 Å². The highest BCUT2D eigenvalue weighted by molar-refractivity contribution is 5.85. The summed E-state index contributed by atoms with van der Waals surface area (Å²) in [4.78, 5) is 91.7. The Morgan fingerprint density at radius 3 is 0.909 bits per heavy atom. The van der Waals surface area contributed by atoms with Crippen molar-refractivity contribution < 1.29 is 55.8 Å². The van der Waals surface area contributed by atoms with Gasteiger partial charge < -0.3 is 36.6 Å². The molecule has 0 saturated carbocycles. The molecule has 16 nitrogen and oxygen atoms in total. The normalized spacial score (nSPS) is 10.9. The van der Waals surface area contributed by atoms with Crippen molar-refractivity contribution in [2.24, 2.45) is 0 Å². The van der Waals surface area contributed by atoms with E-state index >= 15 is 0 Å². The summed E-state index contributed by atoms with van der Waals surface area (Å²) in [5.41, 5.74) is 3.51. The van der Waals surface area contributed by atoms with Crippen molar-refractivity contribution >= 4 is 67.8 Å². The maximum atomic E-state index is 12.1. The van der Waals surface area contributed by atoms with Crippen LogP contribution < -0.4 is 41.4 Å². The Morgan fingerprint density at radius 1 is 0.330 bits per heavy atom. The molecule has 8 rings (SSSR count).